The molecule has 3 aromatic carbocycles. The average molecular weight is 663 g/mol. The quantitative estimate of drug-likeness (QED) is 0.0311. The second-order valence-electron chi connectivity index (χ2n) is 11.0. The van der Waals surface area contributed by atoms with Gasteiger partial charge < -0.3 is 38.3 Å². The molecule has 48 heavy (non-hydrogen) atoms. The first-order chi connectivity index (χ1) is 22.8. The monoisotopic (exact) mass is 662 g/mol. The van der Waals surface area contributed by atoms with Crippen LogP contribution in [0.3, 0.4) is 0 Å². The van der Waals surface area contributed by atoms with E-state index in [0.29, 0.717) is 17.7 Å². The SMILES string of the molecule is CC(C)[C@H](NC(=O)[C@H](Cc1ccccc1)NC(=O)c1ccccc1)C(=O)N[C@@H](CCCN=C(N)N)C(=O)O.Nc1ccc([N+](=O)[O-])cc1. The van der Waals surface area contributed by atoms with E-state index in [2.05, 4.69) is 20.9 Å². The van der Waals surface area contributed by atoms with Gasteiger partial charge >= 0.3 is 5.97 Å². The lowest BCUT2D eigenvalue weighted by molar-refractivity contribution is -0.384. The van der Waals surface area contributed by atoms with Crippen LogP contribution in [0.4, 0.5) is 11.4 Å². The average Bonchev–Trinajstić information content (AvgIpc) is 3.05. The Morgan fingerprint density at radius 1 is 0.833 bits per heavy atom. The Labute approximate surface area is 278 Å². The summed E-state index contributed by atoms with van der Waals surface area (Å²) in [6.07, 6.45) is 0.624. The zero-order valence-corrected chi connectivity index (χ0v) is 26.7. The summed E-state index contributed by atoms with van der Waals surface area (Å²) in [5.74, 6) is -3.32. The van der Waals surface area contributed by atoms with E-state index >= 15 is 0 Å². The maximum atomic E-state index is 13.4. The second kappa shape index (κ2) is 19.5. The van der Waals surface area contributed by atoms with Crippen LogP contribution < -0.4 is 33.2 Å². The molecule has 10 N–H and O–H groups in total. The summed E-state index contributed by atoms with van der Waals surface area (Å²) < 4.78 is 0. The zero-order chi connectivity index (χ0) is 35.6. The van der Waals surface area contributed by atoms with E-state index in [1.807, 2.05) is 30.3 Å². The van der Waals surface area contributed by atoms with Crippen molar-refractivity contribution in [2.75, 3.05) is 12.3 Å². The first-order valence-electron chi connectivity index (χ1n) is 15.1. The number of nitrogens with zero attached hydrogens (tertiary/aromatic N) is 2. The molecule has 0 bridgehead atoms. The topological polar surface area (TPSA) is 258 Å². The summed E-state index contributed by atoms with van der Waals surface area (Å²) in [5, 5.41) is 27.6. The van der Waals surface area contributed by atoms with Crippen molar-refractivity contribution in [3.8, 4) is 0 Å². The Hall–Kier alpha value is -5.99. The number of hydrogen-bond acceptors (Lipinski definition) is 8. The van der Waals surface area contributed by atoms with Gasteiger partial charge in [0.25, 0.3) is 11.6 Å². The number of rotatable bonds is 15. The van der Waals surface area contributed by atoms with Crippen molar-refractivity contribution in [1.82, 2.24) is 16.0 Å². The number of carboxylic acid groups (broad SMARTS) is 1. The van der Waals surface area contributed by atoms with E-state index in [1.54, 1.807) is 44.2 Å². The van der Waals surface area contributed by atoms with Crippen LogP contribution in [0, 0.1) is 16.0 Å². The van der Waals surface area contributed by atoms with Crippen LogP contribution in [0.25, 0.3) is 0 Å². The number of non-ortho nitro benzene ring substituents is 1. The van der Waals surface area contributed by atoms with Gasteiger partial charge in [0.1, 0.15) is 18.1 Å². The highest BCUT2D eigenvalue weighted by atomic mass is 16.6. The summed E-state index contributed by atoms with van der Waals surface area (Å²) in [6, 6.07) is 20.2. The molecule has 0 heterocycles. The minimum atomic E-state index is -1.21. The molecule has 256 valence electrons. The molecule has 3 rings (SSSR count). The van der Waals surface area contributed by atoms with E-state index < -0.39 is 46.7 Å². The number of carboxylic acids is 1. The fraction of sp³-hybridized carbons (Fsp3) is 0.303. The van der Waals surface area contributed by atoms with Gasteiger partial charge in [-0.15, -0.1) is 0 Å². The highest BCUT2D eigenvalue weighted by Crippen LogP contribution is 2.12. The molecule has 15 nitrogen and oxygen atoms in total. The van der Waals surface area contributed by atoms with Crippen LogP contribution in [0.2, 0.25) is 0 Å². The van der Waals surface area contributed by atoms with Crippen molar-refractivity contribution in [3.05, 3.63) is 106 Å². The number of carbonyl (C=O) groups excluding carboxylic acids is 3. The van der Waals surface area contributed by atoms with Crippen LogP contribution in [0.15, 0.2) is 89.9 Å². The molecule has 3 amide bonds. The van der Waals surface area contributed by atoms with Crippen molar-refractivity contribution < 1.29 is 29.2 Å². The van der Waals surface area contributed by atoms with Crippen molar-refractivity contribution in [1.29, 1.82) is 0 Å². The van der Waals surface area contributed by atoms with Crippen molar-refractivity contribution in [2.45, 2.75) is 51.2 Å². The predicted octanol–water partition coefficient (Wildman–Crippen LogP) is 1.97. The number of nitrogens with one attached hydrogen (secondary N) is 3. The molecule has 0 unspecified atom stereocenters. The largest absolute Gasteiger partial charge is 0.480 e. The molecule has 3 atom stereocenters. The number of nitro benzene ring substituents is 1. The molecule has 0 spiro atoms. The molecule has 0 saturated heterocycles. The number of hydrogen-bond donors (Lipinski definition) is 7. The maximum absolute atomic E-state index is 13.4. The van der Waals surface area contributed by atoms with E-state index in [4.69, 9.17) is 17.2 Å². The maximum Gasteiger partial charge on any atom is 0.326 e. The van der Waals surface area contributed by atoms with Gasteiger partial charge in [-0.2, -0.15) is 0 Å². The van der Waals surface area contributed by atoms with Gasteiger partial charge in [0.15, 0.2) is 5.96 Å². The van der Waals surface area contributed by atoms with Gasteiger partial charge in [0.2, 0.25) is 11.8 Å². The number of carbonyl (C=O) groups is 4. The van der Waals surface area contributed by atoms with Crippen LogP contribution in [-0.2, 0) is 20.8 Å². The summed E-state index contributed by atoms with van der Waals surface area (Å²) in [6.45, 7) is 3.68. The van der Waals surface area contributed by atoms with Gasteiger partial charge in [0, 0.05) is 36.3 Å². The summed E-state index contributed by atoms with van der Waals surface area (Å²) in [7, 11) is 0. The Kier molecular flexibility index (Phi) is 15.5. The van der Waals surface area contributed by atoms with Crippen LogP contribution in [0.5, 0.6) is 0 Å². The fourth-order valence-electron chi connectivity index (χ4n) is 4.30. The van der Waals surface area contributed by atoms with Gasteiger partial charge in [-0.05, 0) is 48.6 Å². The minimum Gasteiger partial charge on any atom is -0.480 e. The van der Waals surface area contributed by atoms with Crippen LogP contribution in [0.1, 0.15) is 42.6 Å². The summed E-state index contributed by atoms with van der Waals surface area (Å²) in [5.41, 5.74) is 17.7. The molecule has 0 fully saturated rings. The van der Waals surface area contributed by atoms with Crippen molar-refractivity contribution in [2.24, 2.45) is 22.4 Å². The number of aliphatic imine (C=N–C) groups is 1. The van der Waals surface area contributed by atoms with Gasteiger partial charge in [-0.25, -0.2) is 4.79 Å². The molecule has 0 aromatic heterocycles. The molecule has 0 aliphatic heterocycles. The first kappa shape index (κ1) is 38.2. The first-order valence-corrected chi connectivity index (χ1v) is 15.1. The van der Waals surface area contributed by atoms with E-state index in [-0.39, 0.29) is 37.0 Å². The summed E-state index contributed by atoms with van der Waals surface area (Å²) in [4.78, 5) is 64.4. The lowest BCUT2D eigenvalue weighted by atomic mass is 10.00. The molecule has 0 aliphatic rings. The van der Waals surface area contributed by atoms with Gasteiger partial charge in [0.05, 0.1) is 4.92 Å². The number of nitro groups is 1. The third kappa shape index (κ3) is 13.6. The Morgan fingerprint density at radius 3 is 1.94 bits per heavy atom. The Bertz CT molecular complexity index is 1530. The van der Waals surface area contributed by atoms with Gasteiger partial charge in [-0.1, -0.05) is 62.4 Å². The van der Waals surface area contributed by atoms with E-state index in [0.717, 1.165) is 5.56 Å². The zero-order valence-electron chi connectivity index (χ0n) is 26.7. The third-order valence-electron chi connectivity index (χ3n) is 6.85. The number of anilines is 1. The standard InChI is InChI=1S/C27H36N6O5.C6H6N2O2/c1-17(2)22(25(36)31-20(26(37)38)14-9-15-30-27(28)29)33-24(35)21(16-18-10-5-3-6-11-18)32-23(34)19-12-7-4-8-13-19;7-5-1-3-6(4-2-5)8(9)10/h3-8,10-13,17,20-22H,9,14-16H2,1-2H3,(H,31,36)(H,32,34)(H,33,35)(H,37,38)(H4,28,29,30);1-4H,7H2/t20-,21-,22-;/m0./s1. The van der Waals surface area contributed by atoms with Crippen LogP contribution >= 0.6 is 0 Å². The number of aliphatic carboxylic acids is 1. The third-order valence-corrected chi connectivity index (χ3v) is 6.85. The lowest BCUT2D eigenvalue weighted by Gasteiger charge is -2.26. The fourth-order valence-corrected chi connectivity index (χ4v) is 4.30. The molecule has 0 saturated carbocycles. The molecule has 15 heteroatoms. The number of amides is 3. The van der Waals surface area contributed by atoms with Crippen molar-refractivity contribution >= 4 is 41.0 Å². The number of guanidine groups is 1. The van der Waals surface area contributed by atoms with Gasteiger partial charge in [-0.3, -0.25) is 29.5 Å². The highest BCUT2D eigenvalue weighted by Gasteiger charge is 2.31. The minimum absolute atomic E-state index is 0.0641. The number of nitrogens with two attached hydrogens (primary N) is 3. The second-order valence-corrected chi connectivity index (χ2v) is 11.0. The molecule has 0 aliphatic carbocycles. The Balaban J connectivity index is 0.000000680. The number of benzene rings is 3. The van der Waals surface area contributed by atoms with E-state index in [9.17, 15) is 34.4 Å². The molecule has 0 radical (unpaired) electrons. The normalized spacial score (nSPS) is 12.2. The van der Waals surface area contributed by atoms with Crippen LogP contribution in [-0.4, -0.2) is 64.4 Å². The van der Waals surface area contributed by atoms with E-state index in [1.165, 1.54) is 24.3 Å². The Morgan fingerprint density at radius 2 is 1.42 bits per heavy atom. The number of nitrogen functional groups attached to an aromatic ring is 1. The summed E-state index contributed by atoms with van der Waals surface area (Å²) >= 11 is 0. The molecule has 3 aromatic rings. The van der Waals surface area contributed by atoms with Crippen molar-refractivity contribution in [3.63, 3.8) is 0 Å². The lowest BCUT2D eigenvalue weighted by Crippen LogP contribution is -2.57. The molecular formula is C33H42N8O7. The molecular weight excluding hydrogens is 620 g/mol. The smallest absolute Gasteiger partial charge is 0.326 e. The predicted molar refractivity (Wildman–Crippen MR) is 182 cm³/mol. The highest BCUT2D eigenvalue weighted by molar-refractivity contribution is 5.98.